The maximum absolute atomic E-state index is 12.1. The van der Waals surface area contributed by atoms with E-state index in [9.17, 15) is 9.59 Å². The van der Waals surface area contributed by atoms with E-state index in [0.29, 0.717) is 6.42 Å². The summed E-state index contributed by atoms with van der Waals surface area (Å²) in [7, 11) is 0. The predicted octanol–water partition coefficient (Wildman–Crippen LogP) is 4.18. The summed E-state index contributed by atoms with van der Waals surface area (Å²) in [6.45, 7) is 7.44. The quantitative estimate of drug-likeness (QED) is 0.619. The number of Topliss-reactive ketones (excluding diaryl/α,β-unsaturated/α-hetero) is 1. The van der Waals surface area contributed by atoms with Gasteiger partial charge >= 0.3 is 5.97 Å². The van der Waals surface area contributed by atoms with Crippen molar-refractivity contribution in [3.05, 3.63) is 40.3 Å². The number of hydrogen-bond acceptors (Lipinski definition) is 4. The van der Waals surface area contributed by atoms with E-state index in [-0.39, 0.29) is 17.7 Å². The highest BCUT2D eigenvalue weighted by atomic mass is 32.2. The standard InChI is InChI=1S/C18H22O3S/c1-12(17(20)21-18(2,3)4)14-7-5-13(6-8-14)11-16-15(19)9-10-22-16/h5-8,11-12H,9-10H2,1-4H3/b16-11-. The average molecular weight is 318 g/mol. The number of hydrogen-bond donors (Lipinski definition) is 0. The van der Waals surface area contributed by atoms with Gasteiger partial charge in [-0.15, -0.1) is 11.8 Å². The third-order valence-corrected chi connectivity index (χ3v) is 4.42. The summed E-state index contributed by atoms with van der Waals surface area (Å²) in [6.07, 6.45) is 2.55. The molecule has 0 spiro atoms. The van der Waals surface area contributed by atoms with Crippen LogP contribution < -0.4 is 0 Å². The minimum Gasteiger partial charge on any atom is -0.460 e. The molecule has 1 aliphatic heterocycles. The number of carbonyl (C=O) groups is 2. The molecule has 1 atom stereocenters. The predicted molar refractivity (Wildman–Crippen MR) is 90.8 cm³/mol. The molecule has 0 saturated carbocycles. The molecule has 22 heavy (non-hydrogen) atoms. The molecule has 1 fully saturated rings. The van der Waals surface area contributed by atoms with Gasteiger partial charge in [-0.25, -0.2) is 0 Å². The Bertz CT molecular complexity index is 594. The van der Waals surface area contributed by atoms with E-state index in [1.165, 1.54) is 0 Å². The van der Waals surface area contributed by atoms with Crippen LogP contribution in [0.4, 0.5) is 0 Å². The van der Waals surface area contributed by atoms with Gasteiger partial charge in [0.15, 0.2) is 5.78 Å². The minimum absolute atomic E-state index is 0.219. The maximum atomic E-state index is 12.1. The molecule has 2 rings (SSSR count). The molecule has 0 aliphatic carbocycles. The molecule has 118 valence electrons. The van der Waals surface area contributed by atoms with Gasteiger partial charge in [-0.2, -0.15) is 0 Å². The van der Waals surface area contributed by atoms with Gasteiger partial charge in [0.1, 0.15) is 5.60 Å². The highest BCUT2D eigenvalue weighted by Crippen LogP contribution is 2.29. The van der Waals surface area contributed by atoms with E-state index < -0.39 is 5.60 Å². The first-order chi connectivity index (χ1) is 10.3. The molecule has 0 amide bonds. The van der Waals surface area contributed by atoms with E-state index >= 15 is 0 Å². The summed E-state index contributed by atoms with van der Waals surface area (Å²) in [4.78, 5) is 24.5. The first-order valence-corrected chi connectivity index (χ1v) is 8.45. The number of allylic oxidation sites excluding steroid dienone is 1. The molecule has 1 unspecified atom stereocenters. The molecule has 1 aromatic rings. The lowest BCUT2D eigenvalue weighted by atomic mass is 9.99. The summed E-state index contributed by atoms with van der Waals surface area (Å²) < 4.78 is 5.41. The van der Waals surface area contributed by atoms with Crippen molar-refractivity contribution in [3.8, 4) is 0 Å². The second-order valence-electron chi connectivity index (χ2n) is 6.45. The van der Waals surface area contributed by atoms with Crippen LogP contribution in [0.5, 0.6) is 0 Å². The lowest BCUT2D eigenvalue weighted by Gasteiger charge is -2.22. The van der Waals surface area contributed by atoms with E-state index in [0.717, 1.165) is 21.8 Å². The maximum Gasteiger partial charge on any atom is 0.313 e. The van der Waals surface area contributed by atoms with Crippen LogP contribution in [0.15, 0.2) is 29.2 Å². The van der Waals surface area contributed by atoms with Gasteiger partial charge < -0.3 is 4.74 Å². The Morgan fingerprint density at radius 1 is 1.27 bits per heavy atom. The van der Waals surface area contributed by atoms with E-state index in [2.05, 4.69) is 0 Å². The van der Waals surface area contributed by atoms with Gasteiger partial charge in [-0.05, 0) is 44.9 Å². The smallest absolute Gasteiger partial charge is 0.313 e. The fourth-order valence-corrected chi connectivity index (χ4v) is 3.13. The summed E-state index contributed by atoms with van der Waals surface area (Å²) in [6, 6.07) is 7.72. The Hall–Kier alpha value is -1.55. The molecule has 1 saturated heterocycles. The molecular formula is C18H22O3S. The molecule has 1 aromatic carbocycles. The Kier molecular flexibility index (Phi) is 5.12. The van der Waals surface area contributed by atoms with Crippen molar-refractivity contribution in [2.75, 3.05) is 5.75 Å². The van der Waals surface area contributed by atoms with Crippen LogP contribution in [0.1, 0.15) is 51.2 Å². The Morgan fingerprint density at radius 2 is 1.91 bits per heavy atom. The fourth-order valence-electron chi connectivity index (χ4n) is 2.14. The minimum atomic E-state index is -0.476. The second kappa shape index (κ2) is 6.69. The zero-order valence-corrected chi connectivity index (χ0v) is 14.3. The number of rotatable bonds is 3. The van der Waals surface area contributed by atoms with Crippen LogP contribution in [0.25, 0.3) is 6.08 Å². The number of benzene rings is 1. The van der Waals surface area contributed by atoms with E-state index in [1.807, 2.05) is 58.0 Å². The summed E-state index contributed by atoms with van der Waals surface area (Å²) >= 11 is 1.60. The van der Waals surface area contributed by atoms with Crippen LogP contribution in [-0.2, 0) is 14.3 Å². The summed E-state index contributed by atoms with van der Waals surface area (Å²) in [5.41, 5.74) is 1.43. The third kappa shape index (κ3) is 4.47. The third-order valence-electron chi connectivity index (χ3n) is 3.36. The average Bonchev–Trinajstić information content (AvgIpc) is 2.82. The SMILES string of the molecule is CC(C(=O)OC(C)(C)C)c1ccc(/C=C2\SCCC2=O)cc1. The van der Waals surface area contributed by atoms with Crippen molar-refractivity contribution in [1.29, 1.82) is 0 Å². The lowest BCUT2D eigenvalue weighted by Crippen LogP contribution is -2.26. The number of esters is 1. The fraction of sp³-hybridized carbons (Fsp3) is 0.444. The summed E-state index contributed by atoms with van der Waals surface area (Å²) in [5.74, 6) is 0.568. The van der Waals surface area contributed by atoms with Crippen molar-refractivity contribution in [3.63, 3.8) is 0 Å². The van der Waals surface area contributed by atoms with E-state index in [4.69, 9.17) is 4.74 Å². The Balaban J connectivity index is 2.08. The van der Waals surface area contributed by atoms with Crippen molar-refractivity contribution in [2.24, 2.45) is 0 Å². The molecule has 1 heterocycles. The van der Waals surface area contributed by atoms with Crippen LogP contribution in [0.2, 0.25) is 0 Å². The van der Waals surface area contributed by atoms with Gasteiger partial charge in [0.2, 0.25) is 0 Å². The largest absolute Gasteiger partial charge is 0.460 e. The van der Waals surface area contributed by atoms with Crippen LogP contribution in [0, 0.1) is 0 Å². The monoisotopic (exact) mass is 318 g/mol. The number of ketones is 1. The van der Waals surface area contributed by atoms with Gasteiger partial charge in [0.25, 0.3) is 0 Å². The van der Waals surface area contributed by atoms with Crippen molar-refractivity contribution in [2.45, 2.75) is 45.6 Å². The van der Waals surface area contributed by atoms with Gasteiger partial charge in [0, 0.05) is 12.2 Å². The molecular weight excluding hydrogens is 296 g/mol. The van der Waals surface area contributed by atoms with Crippen molar-refractivity contribution >= 4 is 29.6 Å². The first kappa shape index (κ1) is 16.8. The molecule has 0 radical (unpaired) electrons. The molecule has 3 nitrogen and oxygen atoms in total. The van der Waals surface area contributed by atoms with Gasteiger partial charge in [0.05, 0.1) is 10.8 Å². The zero-order valence-electron chi connectivity index (χ0n) is 13.5. The highest BCUT2D eigenvalue weighted by molar-refractivity contribution is 8.04. The lowest BCUT2D eigenvalue weighted by molar-refractivity contribution is -0.156. The summed E-state index contributed by atoms with van der Waals surface area (Å²) in [5, 5.41) is 0. The number of thioether (sulfide) groups is 1. The van der Waals surface area contributed by atoms with Crippen molar-refractivity contribution in [1.82, 2.24) is 0 Å². The van der Waals surface area contributed by atoms with E-state index in [1.54, 1.807) is 11.8 Å². The first-order valence-electron chi connectivity index (χ1n) is 7.47. The molecule has 4 heteroatoms. The zero-order chi connectivity index (χ0) is 16.3. The molecule has 0 aromatic heterocycles. The highest BCUT2D eigenvalue weighted by Gasteiger charge is 2.23. The molecule has 0 N–H and O–H groups in total. The Morgan fingerprint density at radius 3 is 2.41 bits per heavy atom. The van der Waals surface area contributed by atoms with Crippen LogP contribution in [-0.4, -0.2) is 23.1 Å². The number of ether oxygens (including phenoxy) is 1. The number of carbonyl (C=O) groups excluding carboxylic acids is 2. The van der Waals surface area contributed by atoms with Crippen LogP contribution >= 0.6 is 11.8 Å². The Labute approximate surface area is 136 Å². The van der Waals surface area contributed by atoms with Crippen molar-refractivity contribution < 1.29 is 14.3 Å². The normalized spacial score (nSPS) is 18.5. The molecule has 1 aliphatic rings. The topological polar surface area (TPSA) is 43.4 Å². The molecule has 0 bridgehead atoms. The van der Waals surface area contributed by atoms with Gasteiger partial charge in [-0.3, -0.25) is 9.59 Å². The second-order valence-corrected chi connectivity index (χ2v) is 7.59. The van der Waals surface area contributed by atoms with Gasteiger partial charge in [-0.1, -0.05) is 24.3 Å². The van der Waals surface area contributed by atoms with Crippen LogP contribution in [0.3, 0.4) is 0 Å².